The summed E-state index contributed by atoms with van der Waals surface area (Å²) in [4.78, 5) is 6.38. The standard InChI is InChI=1S/C22H22FN5O4S/c23-18-4-1-3-17(15-18)16-21-25-22(32-26-21)27-10-12-28(13-11-27)33(29,30)20-7-5-19(6-8-20)31-14-2-9-24/h1,3-8,15H,2,10-14,16H2. The minimum Gasteiger partial charge on any atom is -0.493 e. The second-order valence-corrected chi connectivity index (χ2v) is 9.36. The van der Waals surface area contributed by atoms with Gasteiger partial charge in [0.2, 0.25) is 10.0 Å². The van der Waals surface area contributed by atoms with E-state index >= 15 is 0 Å². The number of piperazine rings is 1. The van der Waals surface area contributed by atoms with Crippen molar-refractivity contribution in [3.05, 3.63) is 65.7 Å². The zero-order chi connectivity index (χ0) is 23.3. The van der Waals surface area contributed by atoms with Crippen LogP contribution in [-0.4, -0.2) is 55.6 Å². The molecule has 0 bridgehead atoms. The summed E-state index contributed by atoms with van der Waals surface area (Å²) in [7, 11) is -3.65. The summed E-state index contributed by atoms with van der Waals surface area (Å²) in [6.07, 6.45) is 0.600. The molecule has 1 fully saturated rings. The van der Waals surface area contributed by atoms with Gasteiger partial charge in [0, 0.05) is 32.6 Å². The largest absolute Gasteiger partial charge is 0.493 e. The van der Waals surface area contributed by atoms with E-state index in [2.05, 4.69) is 10.1 Å². The number of rotatable bonds is 8. The Labute approximate surface area is 191 Å². The second kappa shape index (κ2) is 9.97. The van der Waals surface area contributed by atoms with Gasteiger partial charge in [-0.15, -0.1) is 0 Å². The lowest BCUT2D eigenvalue weighted by Crippen LogP contribution is -2.48. The molecule has 0 saturated carbocycles. The summed E-state index contributed by atoms with van der Waals surface area (Å²) < 4.78 is 51.5. The van der Waals surface area contributed by atoms with Crippen molar-refractivity contribution in [2.45, 2.75) is 17.7 Å². The summed E-state index contributed by atoms with van der Waals surface area (Å²) in [5.74, 6) is 0.622. The van der Waals surface area contributed by atoms with E-state index in [-0.39, 0.29) is 36.8 Å². The Bertz CT molecular complexity index is 1230. The first-order valence-electron chi connectivity index (χ1n) is 10.4. The van der Waals surface area contributed by atoms with Gasteiger partial charge in [0.05, 0.1) is 17.4 Å². The van der Waals surface area contributed by atoms with Crippen LogP contribution in [0.5, 0.6) is 5.75 Å². The van der Waals surface area contributed by atoms with E-state index in [1.165, 1.54) is 28.6 Å². The third-order valence-electron chi connectivity index (χ3n) is 5.16. The summed E-state index contributed by atoms with van der Waals surface area (Å²) in [5.41, 5.74) is 0.736. The quantitative estimate of drug-likeness (QED) is 0.461. The molecule has 2 heterocycles. The van der Waals surface area contributed by atoms with Crippen LogP contribution in [0.1, 0.15) is 17.8 Å². The van der Waals surface area contributed by atoms with Crippen LogP contribution in [0, 0.1) is 17.1 Å². The lowest BCUT2D eigenvalue weighted by molar-refractivity contribution is 0.326. The Morgan fingerprint density at radius 1 is 1.12 bits per heavy atom. The molecule has 11 heteroatoms. The van der Waals surface area contributed by atoms with Crippen molar-refractivity contribution in [1.82, 2.24) is 14.4 Å². The van der Waals surface area contributed by atoms with E-state index in [0.29, 0.717) is 37.1 Å². The highest BCUT2D eigenvalue weighted by molar-refractivity contribution is 7.89. The predicted octanol–water partition coefficient (Wildman–Crippen LogP) is 2.60. The maximum absolute atomic E-state index is 13.4. The Morgan fingerprint density at radius 3 is 2.58 bits per heavy atom. The molecule has 1 saturated heterocycles. The molecular formula is C22H22FN5O4S. The molecule has 3 aromatic rings. The molecule has 4 rings (SSSR count). The van der Waals surface area contributed by atoms with Gasteiger partial charge >= 0.3 is 6.01 Å². The molecule has 33 heavy (non-hydrogen) atoms. The number of aromatic nitrogens is 2. The third kappa shape index (κ3) is 5.47. The third-order valence-corrected chi connectivity index (χ3v) is 7.07. The van der Waals surface area contributed by atoms with Gasteiger partial charge < -0.3 is 14.2 Å². The molecule has 1 aromatic heterocycles. The van der Waals surface area contributed by atoms with Crippen LogP contribution in [0.4, 0.5) is 10.4 Å². The van der Waals surface area contributed by atoms with Crippen LogP contribution in [0.25, 0.3) is 0 Å². The summed E-state index contributed by atoms with van der Waals surface area (Å²) in [6, 6.07) is 14.7. The van der Waals surface area contributed by atoms with E-state index in [4.69, 9.17) is 14.5 Å². The number of sulfonamides is 1. The van der Waals surface area contributed by atoms with Crippen LogP contribution in [0.2, 0.25) is 0 Å². The highest BCUT2D eigenvalue weighted by Gasteiger charge is 2.30. The molecule has 0 unspecified atom stereocenters. The smallest absolute Gasteiger partial charge is 0.324 e. The average molecular weight is 472 g/mol. The van der Waals surface area contributed by atoms with Gasteiger partial charge in [-0.05, 0) is 42.0 Å². The number of hydrogen-bond acceptors (Lipinski definition) is 8. The zero-order valence-electron chi connectivity index (χ0n) is 17.7. The lowest BCUT2D eigenvalue weighted by atomic mass is 10.1. The maximum Gasteiger partial charge on any atom is 0.324 e. The number of ether oxygens (including phenoxy) is 1. The average Bonchev–Trinajstić information content (AvgIpc) is 3.28. The highest BCUT2D eigenvalue weighted by atomic mass is 32.2. The van der Waals surface area contributed by atoms with Crippen molar-refractivity contribution in [2.75, 3.05) is 37.7 Å². The van der Waals surface area contributed by atoms with Crippen LogP contribution < -0.4 is 9.64 Å². The molecule has 172 valence electrons. The van der Waals surface area contributed by atoms with Gasteiger partial charge in [0.25, 0.3) is 0 Å². The van der Waals surface area contributed by atoms with E-state index < -0.39 is 10.0 Å². The molecular weight excluding hydrogens is 449 g/mol. The van der Waals surface area contributed by atoms with E-state index in [9.17, 15) is 12.8 Å². The summed E-state index contributed by atoms with van der Waals surface area (Å²) >= 11 is 0. The molecule has 0 atom stereocenters. The van der Waals surface area contributed by atoms with Gasteiger partial charge in [-0.2, -0.15) is 14.6 Å². The van der Waals surface area contributed by atoms with Gasteiger partial charge in [0.1, 0.15) is 18.2 Å². The van der Waals surface area contributed by atoms with Crippen molar-refractivity contribution in [1.29, 1.82) is 5.26 Å². The normalized spacial score (nSPS) is 14.7. The fourth-order valence-electron chi connectivity index (χ4n) is 3.47. The Morgan fingerprint density at radius 2 is 1.88 bits per heavy atom. The molecule has 0 amide bonds. The van der Waals surface area contributed by atoms with Crippen LogP contribution >= 0.6 is 0 Å². The molecule has 9 nitrogen and oxygen atoms in total. The molecule has 0 radical (unpaired) electrons. The van der Waals surface area contributed by atoms with Gasteiger partial charge in [0.15, 0.2) is 5.82 Å². The van der Waals surface area contributed by atoms with Crippen molar-refractivity contribution < 1.29 is 22.1 Å². The molecule has 0 aliphatic carbocycles. The van der Waals surface area contributed by atoms with Crippen LogP contribution in [0.3, 0.4) is 0 Å². The first-order valence-corrected chi connectivity index (χ1v) is 11.8. The zero-order valence-corrected chi connectivity index (χ0v) is 18.5. The van der Waals surface area contributed by atoms with Gasteiger partial charge in [-0.3, -0.25) is 0 Å². The Hall–Kier alpha value is -3.49. The van der Waals surface area contributed by atoms with Crippen molar-refractivity contribution >= 4 is 16.0 Å². The Balaban J connectivity index is 1.34. The molecule has 0 spiro atoms. The molecule has 0 N–H and O–H groups in total. The maximum atomic E-state index is 13.4. The minimum absolute atomic E-state index is 0.179. The number of benzene rings is 2. The summed E-state index contributed by atoms with van der Waals surface area (Å²) in [6.45, 7) is 1.59. The lowest BCUT2D eigenvalue weighted by Gasteiger charge is -2.32. The molecule has 1 aliphatic heterocycles. The van der Waals surface area contributed by atoms with E-state index in [0.717, 1.165) is 5.56 Å². The monoisotopic (exact) mass is 471 g/mol. The Kier molecular flexibility index (Phi) is 6.86. The van der Waals surface area contributed by atoms with Crippen molar-refractivity contribution in [3.8, 4) is 11.8 Å². The fourth-order valence-corrected chi connectivity index (χ4v) is 4.89. The molecule has 2 aromatic carbocycles. The van der Waals surface area contributed by atoms with Crippen LogP contribution in [-0.2, 0) is 16.4 Å². The first-order chi connectivity index (χ1) is 16.0. The number of nitriles is 1. The van der Waals surface area contributed by atoms with E-state index in [1.54, 1.807) is 24.3 Å². The van der Waals surface area contributed by atoms with E-state index in [1.807, 2.05) is 11.0 Å². The number of hydrogen-bond donors (Lipinski definition) is 0. The van der Waals surface area contributed by atoms with Gasteiger partial charge in [-0.1, -0.05) is 17.3 Å². The second-order valence-electron chi connectivity index (χ2n) is 7.42. The van der Waals surface area contributed by atoms with Crippen LogP contribution in [0.15, 0.2) is 57.9 Å². The minimum atomic E-state index is -3.65. The highest BCUT2D eigenvalue weighted by Crippen LogP contribution is 2.23. The summed E-state index contributed by atoms with van der Waals surface area (Å²) in [5, 5.41) is 12.5. The topological polar surface area (TPSA) is 113 Å². The number of anilines is 1. The van der Waals surface area contributed by atoms with Crippen molar-refractivity contribution in [3.63, 3.8) is 0 Å². The first kappa shape index (κ1) is 22.7. The van der Waals surface area contributed by atoms with Gasteiger partial charge in [-0.25, -0.2) is 12.8 Å². The SMILES string of the molecule is N#CCCOc1ccc(S(=O)(=O)N2CCN(c3nc(Cc4cccc(F)c4)no3)CC2)cc1. The molecule has 1 aliphatic rings. The fraction of sp³-hybridized carbons (Fsp3) is 0.318. The van der Waals surface area contributed by atoms with Crippen molar-refractivity contribution in [2.24, 2.45) is 0 Å². The number of nitrogens with zero attached hydrogens (tertiary/aromatic N) is 5. The number of halogens is 1. The predicted molar refractivity (Wildman–Crippen MR) is 117 cm³/mol.